The number of hydrogen-bond acceptors (Lipinski definition) is 8. The number of rotatable bonds is 19. The van der Waals surface area contributed by atoms with Crippen LogP contribution in [0.5, 0.6) is 5.75 Å². The molecule has 0 aliphatic carbocycles. The first-order chi connectivity index (χ1) is 18.1. The summed E-state index contributed by atoms with van der Waals surface area (Å²) in [4.78, 5) is 50.8. The summed E-state index contributed by atoms with van der Waals surface area (Å²) in [5, 5.41) is 17.8. The van der Waals surface area contributed by atoms with Crippen LogP contribution in [0.25, 0.3) is 0 Å². The van der Waals surface area contributed by atoms with Gasteiger partial charge in [0, 0.05) is 6.42 Å². The van der Waals surface area contributed by atoms with E-state index in [4.69, 9.17) is 17.2 Å². The largest absolute Gasteiger partial charge is 0.508 e. The van der Waals surface area contributed by atoms with Gasteiger partial charge in [0.15, 0.2) is 0 Å². The zero-order chi connectivity index (χ0) is 28.5. The van der Waals surface area contributed by atoms with Crippen molar-refractivity contribution in [3.05, 3.63) is 29.8 Å². The van der Waals surface area contributed by atoms with Gasteiger partial charge in [0.2, 0.25) is 17.7 Å². The van der Waals surface area contributed by atoms with E-state index in [0.29, 0.717) is 63.5 Å². The first-order valence-corrected chi connectivity index (χ1v) is 13.4. The molecule has 3 amide bonds. The van der Waals surface area contributed by atoms with Crippen molar-refractivity contribution >= 4 is 24.0 Å². The summed E-state index contributed by atoms with van der Waals surface area (Å²) >= 11 is 0. The van der Waals surface area contributed by atoms with Gasteiger partial charge in [-0.1, -0.05) is 32.4 Å². The fraction of sp³-hybridized carbons (Fsp3) is 0.630. The van der Waals surface area contributed by atoms with E-state index in [-0.39, 0.29) is 18.1 Å². The highest BCUT2D eigenvalue weighted by molar-refractivity contribution is 5.93. The maximum absolute atomic E-state index is 13.3. The Labute approximate surface area is 225 Å². The summed E-state index contributed by atoms with van der Waals surface area (Å²) in [7, 11) is 0. The Hall–Kier alpha value is -3.02. The third-order valence-corrected chi connectivity index (χ3v) is 6.11. The summed E-state index contributed by atoms with van der Waals surface area (Å²) in [5.74, 6) is -1.26. The van der Waals surface area contributed by atoms with Crippen molar-refractivity contribution < 1.29 is 24.3 Å². The first-order valence-electron chi connectivity index (χ1n) is 13.4. The molecule has 0 bridgehead atoms. The average molecular weight is 535 g/mol. The van der Waals surface area contributed by atoms with E-state index in [1.807, 2.05) is 13.8 Å². The summed E-state index contributed by atoms with van der Waals surface area (Å²) in [6.07, 6.45) is 4.70. The maximum atomic E-state index is 13.3. The van der Waals surface area contributed by atoms with Gasteiger partial charge in [-0.3, -0.25) is 14.4 Å². The van der Waals surface area contributed by atoms with Gasteiger partial charge in [0.25, 0.3) is 0 Å². The lowest BCUT2D eigenvalue weighted by molar-refractivity contribution is -0.133. The quantitative estimate of drug-likeness (QED) is 0.0964. The van der Waals surface area contributed by atoms with Crippen LogP contribution in [0.3, 0.4) is 0 Å². The Balaban J connectivity index is 3.06. The maximum Gasteiger partial charge on any atom is 0.243 e. The molecule has 1 rings (SSSR count). The van der Waals surface area contributed by atoms with Crippen molar-refractivity contribution in [1.82, 2.24) is 16.0 Å². The van der Waals surface area contributed by atoms with Gasteiger partial charge in [0.05, 0.1) is 12.1 Å². The molecule has 0 heterocycles. The van der Waals surface area contributed by atoms with Gasteiger partial charge in [-0.15, -0.1) is 0 Å². The molecule has 0 saturated carbocycles. The number of nitrogens with two attached hydrogens (primary N) is 3. The number of benzene rings is 1. The van der Waals surface area contributed by atoms with E-state index in [2.05, 4.69) is 16.0 Å². The van der Waals surface area contributed by atoms with E-state index in [0.717, 1.165) is 6.42 Å². The Kier molecular flexibility index (Phi) is 15.9. The van der Waals surface area contributed by atoms with Crippen LogP contribution in [-0.4, -0.2) is 66.4 Å². The second-order valence-electron chi connectivity index (χ2n) is 10.0. The van der Waals surface area contributed by atoms with E-state index in [1.54, 1.807) is 12.1 Å². The highest BCUT2D eigenvalue weighted by Gasteiger charge is 2.29. The van der Waals surface area contributed by atoms with Crippen LogP contribution in [0.15, 0.2) is 24.3 Å². The fourth-order valence-electron chi connectivity index (χ4n) is 3.97. The molecule has 11 heteroatoms. The van der Waals surface area contributed by atoms with E-state index in [1.165, 1.54) is 12.1 Å². The van der Waals surface area contributed by atoms with Crippen molar-refractivity contribution in [3.8, 4) is 5.75 Å². The van der Waals surface area contributed by atoms with E-state index < -0.39 is 41.9 Å². The molecule has 38 heavy (non-hydrogen) atoms. The number of hydrogen-bond donors (Lipinski definition) is 7. The minimum atomic E-state index is -1.02. The second-order valence-corrected chi connectivity index (χ2v) is 10.0. The fourth-order valence-corrected chi connectivity index (χ4v) is 3.97. The Morgan fingerprint density at radius 3 is 1.95 bits per heavy atom. The molecule has 0 saturated heterocycles. The molecular weight excluding hydrogens is 488 g/mol. The van der Waals surface area contributed by atoms with E-state index in [9.17, 15) is 24.3 Å². The molecule has 0 aliphatic rings. The normalized spacial score (nSPS) is 14.3. The van der Waals surface area contributed by atoms with Crippen molar-refractivity contribution in [1.29, 1.82) is 0 Å². The van der Waals surface area contributed by atoms with Crippen molar-refractivity contribution in [2.45, 2.75) is 89.4 Å². The van der Waals surface area contributed by atoms with E-state index >= 15 is 0 Å². The monoisotopic (exact) mass is 534 g/mol. The molecule has 1 aromatic carbocycles. The molecular formula is C27H46N6O5. The standard InChI is InChI=1S/C27H46N6O5/c1-18(2)15-20(17-34)31-27(38)24(16-19-9-11-21(35)12-10-19)33-26(37)23(8-4-6-14-29)32-25(36)22(30)7-3-5-13-28/h9-12,17-18,20,22-24,35H,3-8,13-16,28-30H2,1-2H3,(H,31,38)(H,32,36)(H,33,37)/t20-,22-,23-,24-/m0/s1. The molecule has 0 unspecified atom stereocenters. The number of unbranched alkanes of at least 4 members (excludes halogenated alkanes) is 2. The van der Waals surface area contributed by atoms with Crippen LogP contribution < -0.4 is 33.2 Å². The zero-order valence-electron chi connectivity index (χ0n) is 22.7. The van der Waals surface area contributed by atoms with Crippen LogP contribution >= 0.6 is 0 Å². The van der Waals surface area contributed by atoms with Crippen LogP contribution in [0, 0.1) is 5.92 Å². The highest BCUT2D eigenvalue weighted by Crippen LogP contribution is 2.13. The lowest BCUT2D eigenvalue weighted by Crippen LogP contribution is -2.57. The van der Waals surface area contributed by atoms with Gasteiger partial charge in [0.1, 0.15) is 24.1 Å². The lowest BCUT2D eigenvalue weighted by Gasteiger charge is -2.25. The predicted molar refractivity (Wildman–Crippen MR) is 147 cm³/mol. The smallest absolute Gasteiger partial charge is 0.243 e. The molecule has 214 valence electrons. The summed E-state index contributed by atoms with van der Waals surface area (Å²) in [6, 6.07) is 2.85. The minimum absolute atomic E-state index is 0.0715. The van der Waals surface area contributed by atoms with Crippen molar-refractivity contribution in [2.24, 2.45) is 23.1 Å². The van der Waals surface area contributed by atoms with Crippen LogP contribution in [0.1, 0.15) is 64.4 Å². The van der Waals surface area contributed by atoms with Crippen molar-refractivity contribution in [2.75, 3.05) is 13.1 Å². The average Bonchev–Trinajstić information content (AvgIpc) is 2.88. The number of phenolic OH excluding ortho intramolecular Hbond substituents is 1. The molecule has 0 radical (unpaired) electrons. The molecule has 1 aromatic rings. The number of aromatic hydroxyl groups is 1. The number of nitrogens with one attached hydrogen (secondary N) is 3. The third kappa shape index (κ3) is 13.0. The second kappa shape index (κ2) is 18.3. The summed E-state index contributed by atoms with van der Waals surface area (Å²) in [5.41, 5.74) is 17.8. The Morgan fingerprint density at radius 1 is 0.842 bits per heavy atom. The van der Waals surface area contributed by atoms with Gasteiger partial charge in [-0.2, -0.15) is 0 Å². The molecule has 11 nitrogen and oxygen atoms in total. The Bertz CT molecular complexity index is 864. The number of carbonyl (C=O) groups excluding carboxylic acids is 4. The lowest BCUT2D eigenvalue weighted by atomic mass is 10.0. The molecule has 0 aliphatic heterocycles. The van der Waals surface area contributed by atoms with Gasteiger partial charge in [-0.25, -0.2) is 0 Å². The molecule has 0 aromatic heterocycles. The highest BCUT2D eigenvalue weighted by atomic mass is 16.3. The molecule has 0 spiro atoms. The van der Waals surface area contributed by atoms with Crippen LogP contribution in [-0.2, 0) is 25.6 Å². The Morgan fingerprint density at radius 2 is 1.39 bits per heavy atom. The van der Waals surface area contributed by atoms with Gasteiger partial charge >= 0.3 is 0 Å². The van der Waals surface area contributed by atoms with Crippen LogP contribution in [0.4, 0.5) is 0 Å². The minimum Gasteiger partial charge on any atom is -0.508 e. The van der Waals surface area contributed by atoms with Gasteiger partial charge < -0.3 is 43.1 Å². The number of phenols is 1. The number of amides is 3. The summed E-state index contributed by atoms with van der Waals surface area (Å²) < 4.78 is 0. The van der Waals surface area contributed by atoms with Crippen molar-refractivity contribution in [3.63, 3.8) is 0 Å². The molecule has 4 atom stereocenters. The summed E-state index contributed by atoms with van der Waals surface area (Å²) in [6.45, 7) is 4.82. The van der Waals surface area contributed by atoms with Crippen LogP contribution in [0.2, 0.25) is 0 Å². The molecule has 0 fully saturated rings. The third-order valence-electron chi connectivity index (χ3n) is 6.11. The van der Waals surface area contributed by atoms with Gasteiger partial charge in [-0.05, 0) is 75.2 Å². The first kappa shape index (κ1) is 33.0. The SMILES string of the molecule is CC(C)C[C@@H](C=O)NC(=O)[C@H](Cc1ccc(O)cc1)NC(=O)[C@H](CCCCN)NC(=O)[C@@H](N)CCCCN. The predicted octanol–water partition coefficient (Wildman–Crippen LogP) is 0.219. The topological polar surface area (TPSA) is 203 Å². The zero-order valence-corrected chi connectivity index (χ0v) is 22.7. The number of carbonyl (C=O) groups is 4. The number of aldehydes is 1. The molecule has 10 N–H and O–H groups in total.